The minimum Gasteiger partial charge on any atom is -0.462 e. The monoisotopic (exact) mass is 801 g/mol. The molecule has 6 heteroatoms. The molecule has 0 bridgehead atoms. The van der Waals surface area contributed by atoms with Gasteiger partial charge in [-0.05, 0) is 70.6 Å². The number of hydrogen-bond acceptors (Lipinski definition) is 6. The molecular formula is C51H92O6. The highest BCUT2D eigenvalue weighted by atomic mass is 16.6. The fourth-order valence-corrected chi connectivity index (χ4v) is 6.90. The Bertz CT molecular complexity index is 969. The van der Waals surface area contributed by atoms with E-state index < -0.39 is 6.10 Å². The number of hydrogen-bond donors (Lipinski definition) is 0. The second-order valence-electron chi connectivity index (χ2n) is 16.4. The van der Waals surface area contributed by atoms with E-state index in [1.165, 1.54) is 128 Å². The molecule has 0 N–H and O–H groups in total. The van der Waals surface area contributed by atoms with Crippen LogP contribution in [-0.4, -0.2) is 37.2 Å². The zero-order valence-corrected chi connectivity index (χ0v) is 37.9. The van der Waals surface area contributed by atoms with Crippen LogP contribution >= 0.6 is 0 Å². The number of ether oxygens (including phenoxy) is 3. The lowest BCUT2D eigenvalue weighted by atomic mass is 10.1. The summed E-state index contributed by atoms with van der Waals surface area (Å²) in [5.74, 6) is -0.926. The van der Waals surface area contributed by atoms with Crippen molar-refractivity contribution in [1.29, 1.82) is 0 Å². The smallest absolute Gasteiger partial charge is 0.306 e. The lowest BCUT2D eigenvalue weighted by molar-refractivity contribution is -0.167. The second kappa shape index (κ2) is 46.3. The van der Waals surface area contributed by atoms with Gasteiger partial charge in [0.15, 0.2) is 6.10 Å². The molecule has 0 aromatic heterocycles. The molecule has 0 aromatic rings. The van der Waals surface area contributed by atoms with Gasteiger partial charge >= 0.3 is 17.9 Å². The first-order valence-electron chi connectivity index (χ1n) is 24.5. The van der Waals surface area contributed by atoms with E-state index in [2.05, 4.69) is 57.2 Å². The first kappa shape index (κ1) is 54.6. The summed E-state index contributed by atoms with van der Waals surface area (Å²) >= 11 is 0. The van der Waals surface area contributed by atoms with Gasteiger partial charge in [0.25, 0.3) is 0 Å². The quantitative estimate of drug-likeness (QED) is 0.0201. The lowest BCUT2D eigenvalue weighted by Gasteiger charge is -2.18. The van der Waals surface area contributed by atoms with E-state index in [0.29, 0.717) is 19.3 Å². The van der Waals surface area contributed by atoms with Crippen molar-refractivity contribution < 1.29 is 28.6 Å². The van der Waals surface area contributed by atoms with E-state index in [1.54, 1.807) is 0 Å². The average molecular weight is 801 g/mol. The van der Waals surface area contributed by atoms with Crippen LogP contribution in [0.15, 0.2) is 36.5 Å². The minimum atomic E-state index is -0.785. The maximum atomic E-state index is 12.7. The largest absolute Gasteiger partial charge is 0.462 e. The first-order chi connectivity index (χ1) is 28.0. The fourth-order valence-electron chi connectivity index (χ4n) is 6.90. The van der Waals surface area contributed by atoms with Gasteiger partial charge in [-0.15, -0.1) is 0 Å². The van der Waals surface area contributed by atoms with Gasteiger partial charge in [0.2, 0.25) is 0 Å². The molecule has 0 radical (unpaired) electrons. The Balaban J connectivity index is 4.39. The van der Waals surface area contributed by atoms with Crippen LogP contribution in [0.3, 0.4) is 0 Å². The van der Waals surface area contributed by atoms with Gasteiger partial charge in [0.1, 0.15) is 13.2 Å². The number of unbranched alkanes of at least 4 members (excludes halogenated alkanes) is 28. The predicted octanol–water partition coefficient (Wildman–Crippen LogP) is 15.8. The SMILES string of the molecule is CCCCCCCCC/C=C\C=C/CCCCCC(=O)OCC(COC(=O)CCCCCCCCCCC)OC(=O)CCCCC/C=C\CCCCCCCCC. The number of carbonyl (C=O) groups excluding carboxylic acids is 3. The molecule has 0 amide bonds. The maximum Gasteiger partial charge on any atom is 0.306 e. The Morgan fingerprint density at radius 2 is 0.632 bits per heavy atom. The molecule has 0 fully saturated rings. The highest BCUT2D eigenvalue weighted by Crippen LogP contribution is 2.14. The van der Waals surface area contributed by atoms with E-state index in [4.69, 9.17) is 14.2 Å². The molecule has 0 aromatic carbocycles. The third-order valence-electron chi connectivity index (χ3n) is 10.6. The standard InChI is InChI=1S/C51H92O6/c1-4-7-10-13-16-19-21-23-25-26-28-29-32-35-38-41-44-50(53)56-47-48(46-55-49(52)43-40-37-34-31-18-15-12-9-6-3)57-51(54)45-42-39-36-33-30-27-24-22-20-17-14-11-8-5-2/h25-30,48H,4-24,31-47H2,1-3H3/b26-25-,29-28-,30-27-. The van der Waals surface area contributed by atoms with E-state index in [9.17, 15) is 14.4 Å². The van der Waals surface area contributed by atoms with Crippen LogP contribution in [0.4, 0.5) is 0 Å². The summed E-state index contributed by atoms with van der Waals surface area (Å²) in [6, 6.07) is 0. The Kier molecular flexibility index (Phi) is 44.4. The number of allylic oxidation sites excluding steroid dienone is 6. The van der Waals surface area contributed by atoms with Crippen LogP contribution < -0.4 is 0 Å². The van der Waals surface area contributed by atoms with Gasteiger partial charge in [-0.2, -0.15) is 0 Å². The van der Waals surface area contributed by atoms with E-state index >= 15 is 0 Å². The molecule has 0 saturated carbocycles. The summed E-state index contributed by atoms with van der Waals surface area (Å²) in [5, 5.41) is 0. The average Bonchev–Trinajstić information content (AvgIpc) is 3.21. The van der Waals surface area contributed by atoms with Crippen molar-refractivity contribution in [3.05, 3.63) is 36.5 Å². The molecule has 0 aliphatic heterocycles. The van der Waals surface area contributed by atoms with Crippen LogP contribution in [-0.2, 0) is 28.6 Å². The Hall–Kier alpha value is -2.37. The molecule has 0 aliphatic carbocycles. The maximum absolute atomic E-state index is 12.7. The van der Waals surface area contributed by atoms with Gasteiger partial charge in [-0.1, -0.05) is 198 Å². The van der Waals surface area contributed by atoms with E-state index in [1.807, 2.05) is 0 Å². The fraction of sp³-hybridized carbons (Fsp3) is 0.824. The highest BCUT2D eigenvalue weighted by Gasteiger charge is 2.19. The molecule has 1 atom stereocenters. The van der Waals surface area contributed by atoms with Gasteiger partial charge in [0.05, 0.1) is 0 Å². The number of rotatable bonds is 44. The minimum absolute atomic E-state index is 0.0847. The molecule has 57 heavy (non-hydrogen) atoms. The summed E-state index contributed by atoms with van der Waals surface area (Å²) in [5.41, 5.74) is 0. The van der Waals surface area contributed by atoms with Crippen LogP contribution in [0, 0.1) is 0 Å². The van der Waals surface area contributed by atoms with Crippen LogP contribution in [0.1, 0.15) is 252 Å². The van der Waals surface area contributed by atoms with Gasteiger partial charge in [-0.3, -0.25) is 14.4 Å². The van der Waals surface area contributed by atoms with E-state index in [-0.39, 0.29) is 31.1 Å². The first-order valence-corrected chi connectivity index (χ1v) is 24.5. The highest BCUT2D eigenvalue weighted by molar-refractivity contribution is 5.71. The molecule has 0 rings (SSSR count). The van der Waals surface area contributed by atoms with Crippen molar-refractivity contribution in [3.63, 3.8) is 0 Å². The number of carbonyl (C=O) groups is 3. The molecule has 0 spiro atoms. The Morgan fingerprint density at radius 1 is 0.351 bits per heavy atom. The third kappa shape index (κ3) is 44.6. The molecule has 0 heterocycles. The molecule has 0 saturated heterocycles. The summed E-state index contributed by atoms with van der Waals surface area (Å²) in [6.07, 6.45) is 52.7. The zero-order valence-electron chi connectivity index (χ0n) is 37.9. The summed E-state index contributed by atoms with van der Waals surface area (Å²) in [6.45, 7) is 6.58. The Labute approximate surface area is 353 Å². The summed E-state index contributed by atoms with van der Waals surface area (Å²) in [7, 11) is 0. The summed E-state index contributed by atoms with van der Waals surface area (Å²) < 4.78 is 16.7. The van der Waals surface area contributed by atoms with Crippen LogP contribution in [0.25, 0.3) is 0 Å². The Morgan fingerprint density at radius 3 is 1.00 bits per heavy atom. The third-order valence-corrected chi connectivity index (χ3v) is 10.6. The van der Waals surface area contributed by atoms with Crippen molar-refractivity contribution in [3.8, 4) is 0 Å². The zero-order chi connectivity index (χ0) is 41.5. The molecule has 0 aliphatic rings. The molecule has 1 unspecified atom stereocenters. The molecule has 332 valence electrons. The van der Waals surface area contributed by atoms with Crippen LogP contribution in [0.2, 0.25) is 0 Å². The van der Waals surface area contributed by atoms with E-state index in [0.717, 1.165) is 83.5 Å². The normalized spacial score (nSPS) is 12.3. The van der Waals surface area contributed by atoms with Gasteiger partial charge in [-0.25, -0.2) is 0 Å². The number of esters is 3. The van der Waals surface area contributed by atoms with Crippen molar-refractivity contribution in [1.82, 2.24) is 0 Å². The van der Waals surface area contributed by atoms with Crippen molar-refractivity contribution in [2.45, 2.75) is 258 Å². The van der Waals surface area contributed by atoms with Crippen molar-refractivity contribution in [2.75, 3.05) is 13.2 Å². The van der Waals surface area contributed by atoms with Crippen LogP contribution in [0.5, 0.6) is 0 Å². The van der Waals surface area contributed by atoms with Crippen molar-refractivity contribution >= 4 is 17.9 Å². The van der Waals surface area contributed by atoms with Gasteiger partial charge < -0.3 is 14.2 Å². The molecule has 6 nitrogen and oxygen atoms in total. The molecular weight excluding hydrogens is 709 g/mol. The predicted molar refractivity (Wildman–Crippen MR) is 242 cm³/mol. The topological polar surface area (TPSA) is 78.9 Å². The van der Waals surface area contributed by atoms with Crippen molar-refractivity contribution in [2.24, 2.45) is 0 Å². The lowest BCUT2D eigenvalue weighted by Crippen LogP contribution is -2.30. The second-order valence-corrected chi connectivity index (χ2v) is 16.4. The summed E-state index contributed by atoms with van der Waals surface area (Å²) in [4.78, 5) is 37.8. The van der Waals surface area contributed by atoms with Gasteiger partial charge in [0, 0.05) is 19.3 Å².